The summed E-state index contributed by atoms with van der Waals surface area (Å²) in [6.45, 7) is 0. The molecule has 1 heterocycles. The zero-order chi connectivity index (χ0) is 13.4. The molecule has 0 saturated heterocycles. The first-order chi connectivity index (χ1) is 9.13. The van der Waals surface area contributed by atoms with Gasteiger partial charge in [0.2, 0.25) is 5.91 Å². The van der Waals surface area contributed by atoms with E-state index in [1.54, 1.807) is 0 Å². The van der Waals surface area contributed by atoms with Gasteiger partial charge >= 0.3 is 0 Å². The van der Waals surface area contributed by atoms with E-state index in [9.17, 15) is 4.79 Å². The van der Waals surface area contributed by atoms with Crippen LogP contribution in [-0.2, 0) is 11.2 Å². The number of anilines is 1. The van der Waals surface area contributed by atoms with E-state index in [-0.39, 0.29) is 11.3 Å². The van der Waals surface area contributed by atoms with E-state index in [1.165, 1.54) is 3.57 Å². The monoisotopic (exact) mass is 383 g/mol. The van der Waals surface area contributed by atoms with Gasteiger partial charge in [0, 0.05) is 9.26 Å². The lowest BCUT2D eigenvalue weighted by molar-refractivity contribution is -0.115. The normalized spacial score (nSPS) is 14.9. The molecule has 1 N–H and O–H groups in total. The van der Waals surface area contributed by atoms with Crippen LogP contribution in [-0.4, -0.2) is 5.91 Å². The van der Waals surface area contributed by atoms with E-state index in [1.807, 2.05) is 42.5 Å². The second-order valence-corrected chi connectivity index (χ2v) is 6.24. The quantitative estimate of drug-likeness (QED) is 0.613. The van der Waals surface area contributed by atoms with Gasteiger partial charge in [0.05, 0.1) is 11.8 Å². The first kappa shape index (κ1) is 12.9. The Hall–Kier alpha value is -1.07. The van der Waals surface area contributed by atoms with Crippen LogP contribution in [0.4, 0.5) is 5.69 Å². The average Bonchev–Trinajstić information content (AvgIpc) is 2.77. The van der Waals surface area contributed by atoms with Gasteiger partial charge in [-0.15, -0.1) is 11.6 Å². The molecule has 3 rings (SSSR count). The zero-order valence-electron chi connectivity index (χ0n) is 9.99. The number of nitrogens with one attached hydrogen (secondary N) is 1. The summed E-state index contributed by atoms with van der Waals surface area (Å²) in [6, 6.07) is 14.1. The Bertz CT molecular complexity index is 639. The molecule has 1 amide bonds. The van der Waals surface area contributed by atoms with Crippen molar-refractivity contribution >= 4 is 45.8 Å². The van der Waals surface area contributed by atoms with Gasteiger partial charge in [-0.1, -0.05) is 24.3 Å². The second kappa shape index (κ2) is 5.13. The van der Waals surface area contributed by atoms with Gasteiger partial charge < -0.3 is 5.32 Å². The summed E-state index contributed by atoms with van der Waals surface area (Å²) in [7, 11) is 0. The van der Waals surface area contributed by atoms with Crippen LogP contribution in [0.25, 0.3) is 0 Å². The van der Waals surface area contributed by atoms with Crippen molar-refractivity contribution in [3.63, 3.8) is 0 Å². The number of carbonyl (C=O) groups excluding carboxylic acids is 1. The maximum Gasteiger partial charge on any atom is 0.228 e. The lowest BCUT2D eigenvalue weighted by Gasteiger charge is -2.12. The maximum absolute atomic E-state index is 11.3. The molecule has 0 aromatic heterocycles. The lowest BCUT2D eigenvalue weighted by atomic mass is 10.0. The molecule has 0 saturated carbocycles. The molecule has 0 aliphatic carbocycles. The first-order valence-electron chi connectivity index (χ1n) is 5.96. The minimum atomic E-state index is -0.182. The first-order valence-corrected chi connectivity index (χ1v) is 7.47. The Kier molecular flexibility index (Phi) is 3.50. The summed E-state index contributed by atoms with van der Waals surface area (Å²) in [5.41, 5.74) is 4.02. The molecule has 0 bridgehead atoms. The number of fused-ring (bicyclic) bond motifs is 1. The molecule has 1 atom stereocenters. The van der Waals surface area contributed by atoms with E-state index in [0.29, 0.717) is 6.42 Å². The van der Waals surface area contributed by atoms with Crippen LogP contribution in [0.2, 0.25) is 0 Å². The second-order valence-electron chi connectivity index (χ2n) is 4.56. The highest BCUT2D eigenvalue weighted by molar-refractivity contribution is 14.1. The zero-order valence-corrected chi connectivity index (χ0v) is 12.9. The Morgan fingerprint density at radius 3 is 2.53 bits per heavy atom. The fourth-order valence-corrected chi connectivity index (χ4v) is 2.87. The van der Waals surface area contributed by atoms with Crippen LogP contribution in [0.15, 0.2) is 42.5 Å². The van der Waals surface area contributed by atoms with Crippen molar-refractivity contribution < 1.29 is 4.79 Å². The van der Waals surface area contributed by atoms with Crippen LogP contribution in [0.5, 0.6) is 0 Å². The van der Waals surface area contributed by atoms with Crippen molar-refractivity contribution in [1.82, 2.24) is 0 Å². The molecular weight excluding hydrogens is 373 g/mol. The highest BCUT2D eigenvalue weighted by Crippen LogP contribution is 2.33. The number of hydrogen-bond acceptors (Lipinski definition) is 1. The van der Waals surface area contributed by atoms with Crippen LogP contribution in [0.3, 0.4) is 0 Å². The number of alkyl halides is 1. The molecule has 2 aromatic rings. The SMILES string of the molecule is O=C1Cc2cc(C(Cl)c3ccc(I)cc3)ccc2N1. The number of benzene rings is 2. The Balaban J connectivity index is 1.92. The summed E-state index contributed by atoms with van der Waals surface area (Å²) in [5.74, 6) is 0.0486. The largest absolute Gasteiger partial charge is 0.326 e. The molecular formula is C15H11ClINO. The minimum Gasteiger partial charge on any atom is -0.326 e. The van der Waals surface area contributed by atoms with Crippen LogP contribution < -0.4 is 5.32 Å². The van der Waals surface area contributed by atoms with Crippen molar-refractivity contribution in [2.24, 2.45) is 0 Å². The fourth-order valence-electron chi connectivity index (χ4n) is 2.23. The highest BCUT2D eigenvalue weighted by Gasteiger charge is 2.19. The molecule has 1 unspecified atom stereocenters. The average molecular weight is 384 g/mol. The van der Waals surface area contributed by atoms with Crippen molar-refractivity contribution in [3.05, 3.63) is 62.7 Å². The van der Waals surface area contributed by atoms with Gasteiger partial charge in [-0.25, -0.2) is 0 Å². The smallest absolute Gasteiger partial charge is 0.228 e. The maximum atomic E-state index is 11.3. The van der Waals surface area contributed by atoms with Crippen molar-refractivity contribution in [2.45, 2.75) is 11.8 Å². The number of rotatable bonds is 2. The highest BCUT2D eigenvalue weighted by atomic mass is 127. The summed E-state index contributed by atoms with van der Waals surface area (Å²) in [5, 5.41) is 2.65. The van der Waals surface area contributed by atoms with E-state index >= 15 is 0 Å². The Morgan fingerprint density at radius 2 is 1.79 bits per heavy atom. The van der Waals surface area contributed by atoms with Crippen molar-refractivity contribution in [2.75, 3.05) is 5.32 Å². The van der Waals surface area contributed by atoms with Crippen molar-refractivity contribution in [1.29, 1.82) is 0 Å². The molecule has 0 fully saturated rings. The fraction of sp³-hybridized carbons (Fsp3) is 0.133. The standard InChI is InChI=1S/C15H11ClINO/c16-15(9-1-4-12(17)5-2-9)10-3-6-13-11(7-10)8-14(19)18-13/h1-7,15H,8H2,(H,18,19). The third-order valence-electron chi connectivity index (χ3n) is 3.21. The van der Waals surface area contributed by atoms with E-state index < -0.39 is 0 Å². The van der Waals surface area contributed by atoms with Gasteiger partial charge in [0.25, 0.3) is 0 Å². The van der Waals surface area contributed by atoms with Crippen LogP contribution in [0, 0.1) is 3.57 Å². The molecule has 1 aliphatic rings. The minimum absolute atomic E-state index is 0.0486. The predicted octanol–water partition coefficient (Wildman–Crippen LogP) is 4.11. The molecule has 0 radical (unpaired) electrons. The predicted molar refractivity (Wildman–Crippen MR) is 85.6 cm³/mol. The Morgan fingerprint density at radius 1 is 1.11 bits per heavy atom. The topological polar surface area (TPSA) is 29.1 Å². The van der Waals surface area contributed by atoms with E-state index in [0.717, 1.165) is 22.4 Å². The van der Waals surface area contributed by atoms with Gasteiger partial charge in [0.1, 0.15) is 0 Å². The molecule has 2 nitrogen and oxygen atoms in total. The summed E-state index contributed by atoms with van der Waals surface area (Å²) in [4.78, 5) is 11.3. The third-order valence-corrected chi connectivity index (χ3v) is 4.43. The molecule has 2 aromatic carbocycles. The number of carbonyl (C=O) groups is 1. The number of halogens is 2. The van der Waals surface area contributed by atoms with Gasteiger partial charge in [0.15, 0.2) is 0 Å². The molecule has 96 valence electrons. The van der Waals surface area contributed by atoms with Gasteiger partial charge in [-0.05, 0) is 57.5 Å². The Labute approximate surface area is 130 Å². The number of amides is 1. The number of hydrogen-bond donors (Lipinski definition) is 1. The van der Waals surface area contributed by atoms with Crippen molar-refractivity contribution in [3.8, 4) is 0 Å². The summed E-state index contributed by atoms with van der Waals surface area (Å²) >= 11 is 8.79. The lowest BCUT2D eigenvalue weighted by Crippen LogP contribution is -2.03. The summed E-state index contributed by atoms with van der Waals surface area (Å²) < 4.78 is 1.19. The molecule has 19 heavy (non-hydrogen) atoms. The summed E-state index contributed by atoms with van der Waals surface area (Å²) in [6.07, 6.45) is 0.444. The van der Waals surface area contributed by atoms with Crippen LogP contribution >= 0.6 is 34.2 Å². The molecule has 1 aliphatic heterocycles. The van der Waals surface area contributed by atoms with Crippen LogP contribution in [0.1, 0.15) is 22.1 Å². The molecule has 4 heteroatoms. The van der Waals surface area contributed by atoms with E-state index in [2.05, 4.69) is 27.9 Å². The van der Waals surface area contributed by atoms with Gasteiger partial charge in [-0.3, -0.25) is 4.79 Å². The van der Waals surface area contributed by atoms with E-state index in [4.69, 9.17) is 11.6 Å². The van der Waals surface area contributed by atoms with Gasteiger partial charge in [-0.2, -0.15) is 0 Å². The third kappa shape index (κ3) is 2.62. The molecule has 0 spiro atoms.